The SMILES string of the molecule is COc1cc2c3c(cc(O)c2cc1C1CC2CCC1CC2)C1(CC(C)(C)CC(C)(C)C1)c1ccccc1-3. The molecule has 1 N–H and O–H groups in total. The van der Waals surface area contributed by atoms with E-state index in [0.29, 0.717) is 11.7 Å². The van der Waals surface area contributed by atoms with E-state index in [1.54, 1.807) is 0 Å². The molecule has 0 amide bonds. The summed E-state index contributed by atoms with van der Waals surface area (Å²) in [6.45, 7) is 9.74. The van der Waals surface area contributed by atoms with Gasteiger partial charge in [0.15, 0.2) is 0 Å². The van der Waals surface area contributed by atoms with Crippen LogP contribution < -0.4 is 4.74 Å². The summed E-state index contributed by atoms with van der Waals surface area (Å²) in [6, 6.07) is 15.8. The summed E-state index contributed by atoms with van der Waals surface area (Å²) in [5.74, 6) is 3.61. The fourth-order valence-electron chi connectivity index (χ4n) is 10.1. The summed E-state index contributed by atoms with van der Waals surface area (Å²) in [4.78, 5) is 0. The van der Waals surface area contributed by atoms with Crippen molar-refractivity contribution in [1.29, 1.82) is 0 Å². The van der Waals surface area contributed by atoms with Crippen LogP contribution in [0.2, 0.25) is 0 Å². The number of phenolic OH excluding ortho intramolecular Hbond substituents is 1. The number of methoxy groups -OCH3 is 1. The Kier molecular flexibility index (Phi) is 4.96. The van der Waals surface area contributed by atoms with E-state index in [1.165, 1.54) is 66.3 Å². The van der Waals surface area contributed by atoms with Crippen LogP contribution in [0.5, 0.6) is 11.5 Å². The molecule has 0 heterocycles. The van der Waals surface area contributed by atoms with Crippen LogP contribution in [0.3, 0.4) is 0 Å². The molecule has 5 aliphatic carbocycles. The molecule has 4 fully saturated rings. The first kappa shape index (κ1) is 23.6. The van der Waals surface area contributed by atoms with Crippen LogP contribution in [0.25, 0.3) is 21.9 Å². The van der Waals surface area contributed by atoms with Crippen molar-refractivity contribution in [2.45, 2.75) is 90.4 Å². The Morgan fingerprint density at radius 1 is 0.811 bits per heavy atom. The maximum Gasteiger partial charge on any atom is 0.123 e. The Bertz CT molecular complexity index is 1390. The first-order chi connectivity index (χ1) is 17.6. The molecule has 1 spiro atoms. The predicted molar refractivity (Wildman–Crippen MR) is 153 cm³/mol. The van der Waals surface area contributed by atoms with Gasteiger partial charge in [-0.15, -0.1) is 0 Å². The summed E-state index contributed by atoms with van der Waals surface area (Å²) in [6.07, 6.45) is 10.2. The number of rotatable bonds is 2. The monoisotopic (exact) mass is 494 g/mol. The predicted octanol–water partition coefficient (Wildman–Crippen LogP) is 9.35. The maximum absolute atomic E-state index is 11.7. The number of phenols is 1. The third-order valence-electron chi connectivity index (χ3n) is 10.7. The van der Waals surface area contributed by atoms with Crippen LogP contribution >= 0.6 is 0 Å². The molecule has 4 saturated carbocycles. The summed E-state index contributed by atoms with van der Waals surface area (Å²) < 4.78 is 6.12. The van der Waals surface area contributed by atoms with E-state index in [-0.39, 0.29) is 16.2 Å². The molecule has 0 aromatic heterocycles. The van der Waals surface area contributed by atoms with Gasteiger partial charge in [-0.1, -0.05) is 64.8 Å². The Morgan fingerprint density at radius 2 is 1.51 bits per heavy atom. The van der Waals surface area contributed by atoms with E-state index < -0.39 is 0 Å². The topological polar surface area (TPSA) is 29.5 Å². The first-order valence-corrected chi connectivity index (χ1v) is 14.6. The number of hydrogen-bond donors (Lipinski definition) is 1. The third-order valence-corrected chi connectivity index (χ3v) is 10.7. The van der Waals surface area contributed by atoms with Crippen LogP contribution in [-0.4, -0.2) is 12.2 Å². The van der Waals surface area contributed by atoms with Crippen molar-refractivity contribution in [1.82, 2.24) is 0 Å². The van der Waals surface area contributed by atoms with Crippen LogP contribution in [-0.2, 0) is 5.41 Å². The summed E-state index contributed by atoms with van der Waals surface area (Å²) in [7, 11) is 1.83. The van der Waals surface area contributed by atoms with Gasteiger partial charge in [0.05, 0.1) is 7.11 Å². The molecule has 2 nitrogen and oxygen atoms in total. The highest BCUT2D eigenvalue weighted by molar-refractivity contribution is 6.06. The lowest BCUT2D eigenvalue weighted by molar-refractivity contribution is 0.0645. The van der Waals surface area contributed by atoms with Gasteiger partial charge in [-0.2, -0.15) is 0 Å². The molecule has 2 heteroatoms. The van der Waals surface area contributed by atoms with E-state index >= 15 is 0 Å². The highest BCUT2D eigenvalue weighted by Crippen LogP contribution is 2.65. The van der Waals surface area contributed by atoms with Gasteiger partial charge in [0.25, 0.3) is 0 Å². The molecule has 1 unspecified atom stereocenters. The van der Waals surface area contributed by atoms with Crippen molar-refractivity contribution >= 4 is 10.8 Å². The molecule has 0 aliphatic heterocycles. The van der Waals surface area contributed by atoms with Crippen LogP contribution in [0.4, 0.5) is 0 Å². The zero-order valence-electron chi connectivity index (χ0n) is 23.3. The quantitative estimate of drug-likeness (QED) is 0.384. The Balaban J connectivity index is 1.49. The molecular weight excluding hydrogens is 452 g/mol. The molecule has 5 aliphatic rings. The van der Waals surface area contributed by atoms with E-state index in [0.717, 1.165) is 41.2 Å². The van der Waals surface area contributed by atoms with Gasteiger partial charge in [0.1, 0.15) is 11.5 Å². The molecule has 0 saturated heterocycles. The van der Waals surface area contributed by atoms with Gasteiger partial charge < -0.3 is 9.84 Å². The van der Waals surface area contributed by atoms with Crippen LogP contribution in [0.1, 0.15) is 102 Å². The molecule has 8 rings (SSSR count). The summed E-state index contributed by atoms with van der Waals surface area (Å²) in [5.41, 5.74) is 7.15. The zero-order chi connectivity index (χ0) is 25.7. The highest BCUT2D eigenvalue weighted by Gasteiger charge is 2.53. The average molecular weight is 495 g/mol. The standard InChI is InChI=1S/C35H42O2/c1-33(2)18-34(3,4)20-35(19-33)28-9-7-6-8-23(28)32-27-16-31(37-5)26(15-25(27)30(36)17-29(32)35)24-14-21-10-12-22(24)13-11-21/h6-9,15-17,21-22,24,36H,10-14,18-20H2,1-5H3. The van der Waals surface area contributed by atoms with E-state index in [1.807, 2.05) is 7.11 Å². The van der Waals surface area contributed by atoms with Gasteiger partial charge >= 0.3 is 0 Å². The number of hydrogen-bond acceptors (Lipinski definition) is 2. The summed E-state index contributed by atoms with van der Waals surface area (Å²) >= 11 is 0. The van der Waals surface area contributed by atoms with Crippen molar-refractivity contribution in [3.63, 3.8) is 0 Å². The second-order valence-electron chi connectivity index (χ2n) is 14.6. The zero-order valence-corrected chi connectivity index (χ0v) is 23.3. The minimum Gasteiger partial charge on any atom is -0.507 e. The van der Waals surface area contributed by atoms with E-state index in [9.17, 15) is 5.11 Å². The van der Waals surface area contributed by atoms with E-state index in [2.05, 4.69) is 70.2 Å². The molecule has 3 aromatic carbocycles. The molecule has 3 aromatic rings. The smallest absolute Gasteiger partial charge is 0.123 e. The number of benzene rings is 3. The lowest BCUT2D eigenvalue weighted by atomic mass is 9.52. The maximum atomic E-state index is 11.7. The lowest BCUT2D eigenvalue weighted by Gasteiger charge is -2.51. The normalized spacial score (nSPS) is 28.3. The van der Waals surface area contributed by atoms with Crippen molar-refractivity contribution in [2.24, 2.45) is 22.7 Å². The van der Waals surface area contributed by atoms with Gasteiger partial charge in [-0.25, -0.2) is 0 Å². The Hall–Kier alpha value is -2.48. The van der Waals surface area contributed by atoms with Crippen molar-refractivity contribution < 1.29 is 9.84 Å². The third kappa shape index (κ3) is 3.43. The fraction of sp³-hybridized carbons (Fsp3) is 0.543. The molecule has 1 atom stereocenters. The number of aromatic hydroxyl groups is 1. The average Bonchev–Trinajstić information content (AvgIpc) is 3.10. The fourth-order valence-corrected chi connectivity index (χ4v) is 10.1. The Labute approximate surface area is 222 Å². The number of ether oxygens (including phenoxy) is 1. The van der Waals surface area contributed by atoms with Crippen LogP contribution in [0, 0.1) is 22.7 Å². The van der Waals surface area contributed by atoms with Gasteiger partial charge in [-0.05, 0) is 119 Å². The van der Waals surface area contributed by atoms with Crippen molar-refractivity contribution in [2.75, 3.05) is 7.11 Å². The van der Waals surface area contributed by atoms with Gasteiger partial charge in [-0.3, -0.25) is 0 Å². The molecule has 2 bridgehead atoms. The molecule has 194 valence electrons. The molecule has 37 heavy (non-hydrogen) atoms. The molecular formula is C35H42O2. The Morgan fingerprint density at radius 3 is 2.16 bits per heavy atom. The van der Waals surface area contributed by atoms with Gasteiger partial charge in [0.2, 0.25) is 0 Å². The molecule has 0 radical (unpaired) electrons. The lowest BCUT2D eigenvalue weighted by Crippen LogP contribution is -2.43. The van der Waals surface area contributed by atoms with E-state index in [4.69, 9.17) is 4.74 Å². The highest BCUT2D eigenvalue weighted by atomic mass is 16.5. The van der Waals surface area contributed by atoms with Crippen molar-refractivity contribution in [3.8, 4) is 22.6 Å². The largest absolute Gasteiger partial charge is 0.507 e. The van der Waals surface area contributed by atoms with Crippen LogP contribution in [0.15, 0.2) is 42.5 Å². The second-order valence-corrected chi connectivity index (χ2v) is 14.6. The number of fused-ring (bicyclic) bond motifs is 10. The first-order valence-electron chi connectivity index (χ1n) is 14.6. The summed E-state index contributed by atoms with van der Waals surface area (Å²) in [5, 5.41) is 13.8. The van der Waals surface area contributed by atoms with Gasteiger partial charge in [0, 0.05) is 10.8 Å². The van der Waals surface area contributed by atoms with Crippen molar-refractivity contribution in [3.05, 3.63) is 59.2 Å². The minimum absolute atomic E-state index is 0.0721. The second kappa shape index (κ2) is 7.78. The minimum atomic E-state index is -0.0721.